The van der Waals surface area contributed by atoms with Crippen LogP contribution in [0.25, 0.3) is 11.5 Å². The molecule has 0 amide bonds. The summed E-state index contributed by atoms with van der Waals surface area (Å²) in [5.41, 5.74) is 0.757. The first-order valence-corrected chi connectivity index (χ1v) is 5.48. The number of ether oxygens (including phenoxy) is 1. The standard InChI is InChI=1S/C12H15N3O2/c1-3-13-11-7-9(10-5-4-6-17-10)14-12(15-11)8-16-2/h4-7H,3,8H2,1-2H3,(H,13,14,15). The molecule has 0 radical (unpaired) electrons. The normalized spacial score (nSPS) is 10.5. The van der Waals surface area contributed by atoms with Gasteiger partial charge in [-0.25, -0.2) is 9.97 Å². The van der Waals surface area contributed by atoms with Gasteiger partial charge in [-0.3, -0.25) is 0 Å². The number of nitrogens with zero attached hydrogens (tertiary/aromatic N) is 2. The molecular formula is C12H15N3O2. The van der Waals surface area contributed by atoms with Crippen molar-refractivity contribution >= 4 is 5.82 Å². The third-order valence-electron chi connectivity index (χ3n) is 2.18. The fourth-order valence-corrected chi connectivity index (χ4v) is 1.51. The Morgan fingerprint density at radius 1 is 1.41 bits per heavy atom. The van der Waals surface area contributed by atoms with E-state index < -0.39 is 0 Å². The predicted octanol–water partition coefficient (Wildman–Crippen LogP) is 2.31. The summed E-state index contributed by atoms with van der Waals surface area (Å²) >= 11 is 0. The SMILES string of the molecule is CCNc1cc(-c2ccco2)nc(COC)n1. The van der Waals surface area contributed by atoms with Crippen LogP contribution in [0, 0.1) is 0 Å². The maximum atomic E-state index is 5.33. The van der Waals surface area contributed by atoms with Crippen molar-refractivity contribution in [3.05, 3.63) is 30.3 Å². The van der Waals surface area contributed by atoms with Crippen molar-refractivity contribution in [3.8, 4) is 11.5 Å². The molecule has 0 fully saturated rings. The number of anilines is 1. The van der Waals surface area contributed by atoms with Gasteiger partial charge in [0.15, 0.2) is 11.6 Å². The molecule has 2 rings (SSSR count). The zero-order chi connectivity index (χ0) is 12.1. The number of aromatic nitrogens is 2. The number of rotatable bonds is 5. The molecular weight excluding hydrogens is 218 g/mol. The van der Waals surface area contributed by atoms with Crippen LogP contribution in [0.5, 0.6) is 0 Å². The van der Waals surface area contributed by atoms with Crippen LogP contribution in [0.15, 0.2) is 28.9 Å². The fraction of sp³-hybridized carbons (Fsp3) is 0.333. The van der Waals surface area contributed by atoms with Gasteiger partial charge in [0.2, 0.25) is 0 Å². The number of methoxy groups -OCH3 is 1. The Bertz CT molecular complexity index is 444. The highest BCUT2D eigenvalue weighted by atomic mass is 16.5. The number of hydrogen-bond donors (Lipinski definition) is 1. The van der Waals surface area contributed by atoms with Gasteiger partial charge in [0, 0.05) is 19.7 Å². The first kappa shape index (κ1) is 11.6. The van der Waals surface area contributed by atoms with E-state index in [4.69, 9.17) is 9.15 Å². The van der Waals surface area contributed by atoms with E-state index in [0.29, 0.717) is 12.4 Å². The molecule has 0 aliphatic heterocycles. The molecule has 0 aromatic carbocycles. The van der Waals surface area contributed by atoms with Crippen molar-refractivity contribution in [2.24, 2.45) is 0 Å². The van der Waals surface area contributed by atoms with Crippen LogP contribution in [-0.2, 0) is 11.3 Å². The Labute approximate surface area is 99.8 Å². The third kappa shape index (κ3) is 2.82. The van der Waals surface area contributed by atoms with Crippen molar-refractivity contribution in [1.29, 1.82) is 0 Å². The molecule has 0 saturated carbocycles. The summed E-state index contributed by atoms with van der Waals surface area (Å²) < 4.78 is 10.4. The Kier molecular flexibility index (Phi) is 3.72. The molecule has 2 aromatic rings. The van der Waals surface area contributed by atoms with E-state index in [2.05, 4.69) is 15.3 Å². The van der Waals surface area contributed by atoms with E-state index in [1.807, 2.05) is 25.1 Å². The van der Waals surface area contributed by atoms with Gasteiger partial charge in [-0.2, -0.15) is 0 Å². The van der Waals surface area contributed by atoms with Crippen LogP contribution in [0.3, 0.4) is 0 Å². The maximum Gasteiger partial charge on any atom is 0.157 e. The third-order valence-corrected chi connectivity index (χ3v) is 2.18. The van der Waals surface area contributed by atoms with Gasteiger partial charge in [0.05, 0.1) is 6.26 Å². The average molecular weight is 233 g/mol. The van der Waals surface area contributed by atoms with Gasteiger partial charge in [-0.1, -0.05) is 0 Å². The van der Waals surface area contributed by atoms with Crippen molar-refractivity contribution in [3.63, 3.8) is 0 Å². The summed E-state index contributed by atoms with van der Waals surface area (Å²) in [4.78, 5) is 8.71. The van der Waals surface area contributed by atoms with Crippen LogP contribution < -0.4 is 5.32 Å². The average Bonchev–Trinajstić information content (AvgIpc) is 2.83. The number of furan rings is 1. The predicted molar refractivity (Wildman–Crippen MR) is 64.6 cm³/mol. The number of nitrogens with one attached hydrogen (secondary N) is 1. The first-order valence-electron chi connectivity index (χ1n) is 5.48. The molecule has 1 N–H and O–H groups in total. The summed E-state index contributed by atoms with van der Waals surface area (Å²) in [6.45, 7) is 3.21. The van der Waals surface area contributed by atoms with Crippen LogP contribution in [-0.4, -0.2) is 23.6 Å². The largest absolute Gasteiger partial charge is 0.463 e. The monoisotopic (exact) mass is 233 g/mol. The van der Waals surface area contributed by atoms with Gasteiger partial charge in [0.25, 0.3) is 0 Å². The molecule has 0 saturated heterocycles. The molecule has 17 heavy (non-hydrogen) atoms. The van der Waals surface area contributed by atoms with Gasteiger partial charge in [-0.15, -0.1) is 0 Å². The maximum absolute atomic E-state index is 5.33. The molecule has 5 nitrogen and oxygen atoms in total. The van der Waals surface area contributed by atoms with E-state index >= 15 is 0 Å². The first-order chi connectivity index (χ1) is 8.33. The second-order valence-electron chi connectivity index (χ2n) is 3.50. The van der Waals surface area contributed by atoms with Crippen LogP contribution in [0.1, 0.15) is 12.7 Å². The number of hydrogen-bond acceptors (Lipinski definition) is 5. The van der Waals surface area contributed by atoms with E-state index in [1.54, 1.807) is 13.4 Å². The topological polar surface area (TPSA) is 60.2 Å². The highest BCUT2D eigenvalue weighted by Gasteiger charge is 2.08. The van der Waals surface area contributed by atoms with E-state index in [0.717, 1.165) is 23.8 Å². The smallest absolute Gasteiger partial charge is 0.157 e. The molecule has 0 bridgehead atoms. The second-order valence-corrected chi connectivity index (χ2v) is 3.50. The highest BCUT2D eigenvalue weighted by Crippen LogP contribution is 2.20. The minimum absolute atomic E-state index is 0.382. The molecule has 90 valence electrons. The Morgan fingerprint density at radius 2 is 2.29 bits per heavy atom. The molecule has 0 spiro atoms. The summed E-state index contributed by atoms with van der Waals surface area (Å²) in [5, 5.41) is 3.16. The summed E-state index contributed by atoms with van der Waals surface area (Å²) in [7, 11) is 1.62. The van der Waals surface area contributed by atoms with Crippen LogP contribution >= 0.6 is 0 Å². The fourth-order valence-electron chi connectivity index (χ4n) is 1.51. The lowest BCUT2D eigenvalue weighted by molar-refractivity contribution is 0.178. The summed E-state index contributed by atoms with van der Waals surface area (Å²) in [6, 6.07) is 5.57. The molecule has 0 atom stereocenters. The molecule has 0 aliphatic rings. The minimum Gasteiger partial charge on any atom is -0.463 e. The summed E-state index contributed by atoms with van der Waals surface area (Å²) in [6.07, 6.45) is 1.63. The zero-order valence-electron chi connectivity index (χ0n) is 9.93. The molecule has 5 heteroatoms. The second kappa shape index (κ2) is 5.45. The van der Waals surface area contributed by atoms with E-state index in [-0.39, 0.29) is 0 Å². The molecule has 2 heterocycles. The van der Waals surface area contributed by atoms with Crippen molar-refractivity contribution in [2.45, 2.75) is 13.5 Å². The Balaban J connectivity index is 2.37. The summed E-state index contributed by atoms with van der Waals surface area (Å²) in [5.74, 6) is 2.14. The van der Waals surface area contributed by atoms with Gasteiger partial charge in [0.1, 0.15) is 18.1 Å². The van der Waals surface area contributed by atoms with Gasteiger partial charge < -0.3 is 14.5 Å². The minimum atomic E-state index is 0.382. The van der Waals surface area contributed by atoms with Gasteiger partial charge in [-0.05, 0) is 19.1 Å². The highest BCUT2D eigenvalue weighted by molar-refractivity contribution is 5.56. The lowest BCUT2D eigenvalue weighted by Gasteiger charge is -2.07. The zero-order valence-corrected chi connectivity index (χ0v) is 9.93. The van der Waals surface area contributed by atoms with Crippen LogP contribution in [0.2, 0.25) is 0 Å². The quantitative estimate of drug-likeness (QED) is 0.858. The Hall–Kier alpha value is -1.88. The Morgan fingerprint density at radius 3 is 2.94 bits per heavy atom. The molecule has 0 unspecified atom stereocenters. The van der Waals surface area contributed by atoms with Gasteiger partial charge >= 0.3 is 0 Å². The van der Waals surface area contributed by atoms with Crippen molar-refractivity contribution in [2.75, 3.05) is 19.0 Å². The molecule has 2 aromatic heterocycles. The van der Waals surface area contributed by atoms with Crippen LogP contribution in [0.4, 0.5) is 5.82 Å². The molecule has 0 aliphatic carbocycles. The van der Waals surface area contributed by atoms with E-state index in [1.165, 1.54) is 0 Å². The van der Waals surface area contributed by atoms with E-state index in [9.17, 15) is 0 Å². The lowest BCUT2D eigenvalue weighted by Crippen LogP contribution is -2.05. The van der Waals surface area contributed by atoms with Crippen molar-refractivity contribution < 1.29 is 9.15 Å². The lowest BCUT2D eigenvalue weighted by atomic mass is 10.3. The van der Waals surface area contributed by atoms with Crippen molar-refractivity contribution in [1.82, 2.24) is 9.97 Å².